The first kappa shape index (κ1) is 17.0. The molecule has 0 spiro atoms. The Labute approximate surface area is 124 Å². The molecule has 0 aliphatic rings. The molecule has 6 heteroatoms. The summed E-state index contributed by atoms with van der Waals surface area (Å²) in [5, 5.41) is 18.9. The van der Waals surface area contributed by atoms with Crippen molar-refractivity contribution >= 4 is 26.2 Å². The van der Waals surface area contributed by atoms with E-state index in [1.54, 1.807) is 24.3 Å². The van der Waals surface area contributed by atoms with E-state index in [0.29, 0.717) is 17.1 Å². The van der Waals surface area contributed by atoms with Crippen LogP contribution in [0.25, 0.3) is 0 Å². The summed E-state index contributed by atoms with van der Waals surface area (Å²) in [4.78, 5) is 12.0. The van der Waals surface area contributed by atoms with E-state index in [4.69, 9.17) is 0 Å². The molecule has 0 radical (unpaired) electrons. The number of thioether (sulfide) groups is 1. The van der Waals surface area contributed by atoms with Crippen LogP contribution in [0.5, 0.6) is 5.75 Å². The first-order chi connectivity index (χ1) is 9.45. The van der Waals surface area contributed by atoms with Crippen molar-refractivity contribution in [1.82, 2.24) is 0 Å². The van der Waals surface area contributed by atoms with Gasteiger partial charge >= 0.3 is 5.97 Å². The number of benzene rings is 1. The highest BCUT2D eigenvalue weighted by Crippen LogP contribution is 2.33. The van der Waals surface area contributed by atoms with Crippen molar-refractivity contribution in [2.75, 3.05) is 5.75 Å². The SMILES string of the molecule is CC(C)CC(C(=O)O)C(CSc1ccccc1O)P=O. The van der Waals surface area contributed by atoms with Gasteiger partial charge in [0.05, 0.1) is 11.6 Å². The zero-order chi connectivity index (χ0) is 15.1. The van der Waals surface area contributed by atoms with Gasteiger partial charge in [0.2, 0.25) is 0 Å². The third kappa shape index (κ3) is 5.14. The highest BCUT2D eigenvalue weighted by Gasteiger charge is 2.29. The molecule has 0 bridgehead atoms. The van der Waals surface area contributed by atoms with Crippen LogP contribution in [0, 0.1) is 11.8 Å². The van der Waals surface area contributed by atoms with Crippen molar-refractivity contribution in [3.63, 3.8) is 0 Å². The molecule has 0 amide bonds. The fourth-order valence-electron chi connectivity index (χ4n) is 1.90. The van der Waals surface area contributed by atoms with E-state index in [2.05, 4.69) is 0 Å². The zero-order valence-electron chi connectivity index (χ0n) is 11.5. The Morgan fingerprint density at radius 1 is 1.35 bits per heavy atom. The van der Waals surface area contributed by atoms with Crippen LogP contribution in [0.3, 0.4) is 0 Å². The summed E-state index contributed by atoms with van der Waals surface area (Å²) >= 11 is 1.33. The van der Waals surface area contributed by atoms with Gasteiger partial charge in [-0.25, -0.2) is 0 Å². The lowest BCUT2D eigenvalue weighted by atomic mass is 9.94. The Hall–Kier alpha value is -1.06. The van der Waals surface area contributed by atoms with Gasteiger partial charge in [-0.2, -0.15) is 0 Å². The molecule has 1 rings (SSSR count). The molecule has 0 saturated heterocycles. The van der Waals surface area contributed by atoms with Crippen molar-refractivity contribution in [2.24, 2.45) is 11.8 Å². The van der Waals surface area contributed by atoms with Gasteiger partial charge in [0, 0.05) is 10.6 Å². The Kier molecular flexibility index (Phi) is 7.03. The van der Waals surface area contributed by atoms with Crippen LogP contribution in [0.2, 0.25) is 0 Å². The molecule has 0 aromatic heterocycles. The molecule has 2 N–H and O–H groups in total. The van der Waals surface area contributed by atoms with E-state index in [9.17, 15) is 19.6 Å². The number of hydrogen-bond acceptors (Lipinski definition) is 4. The predicted molar refractivity (Wildman–Crippen MR) is 80.8 cm³/mol. The minimum absolute atomic E-state index is 0.162. The third-order valence-corrected chi connectivity index (χ3v) is 5.16. The lowest BCUT2D eigenvalue weighted by Crippen LogP contribution is -2.27. The van der Waals surface area contributed by atoms with Crippen LogP contribution in [0.15, 0.2) is 29.2 Å². The Morgan fingerprint density at radius 2 is 2.00 bits per heavy atom. The number of carbonyl (C=O) groups is 1. The van der Waals surface area contributed by atoms with Gasteiger partial charge in [-0.3, -0.25) is 9.36 Å². The van der Waals surface area contributed by atoms with Crippen molar-refractivity contribution in [1.29, 1.82) is 0 Å². The van der Waals surface area contributed by atoms with Crippen molar-refractivity contribution in [3.8, 4) is 5.75 Å². The Bertz CT molecular complexity index is 464. The van der Waals surface area contributed by atoms with Crippen LogP contribution in [-0.4, -0.2) is 27.6 Å². The quantitative estimate of drug-likeness (QED) is 0.562. The normalized spacial score (nSPS) is 14.3. The van der Waals surface area contributed by atoms with Gasteiger partial charge in [0.15, 0.2) is 8.46 Å². The molecular formula is C14H19O4PS. The van der Waals surface area contributed by atoms with Gasteiger partial charge < -0.3 is 10.2 Å². The monoisotopic (exact) mass is 314 g/mol. The number of para-hydroxylation sites is 1. The maximum absolute atomic E-state index is 11.3. The number of hydrogen-bond donors (Lipinski definition) is 2. The van der Waals surface area contributed by atoms with Crippen LogP contribution in [0.1, 0.15) is 20.3 Å². The zero-order valence-corrected chi connectivity index (χ0v) is 13.2. The number of carboxylic acid groups (broad SMARTS) is 1. The molecule has 1 aromatic carbocycles. The smallest absolute Gasteiger partial charge is 0.307 e. The maximum Gasteiger partial charge on any atom is 0.307 e. The number of aliphatic carboxylic acids is 1. The highest BCUT2D eigenvalue weighted by molar-refractivity contribution is 7.99. The Balaban J connectivity index is 2.72. The van der Waals surface area contributed by atoms with E-state index < -0.39 is 17.5 Å². The van der Waals surface area contributed by atoms with Gasteiger partial charge in [-0.05, 0) is 24.5 Å². The van der Waals surface area contributed by atoms with E-state index in [1.807, 2.05) is 13.8 Å². The van der Waals surface area contributed by atoms with Crippen LogP contribution in [0.4, 0.5) is 0 Å². The summed E-state index contributed by atoms with van der Waals surface area (Å²) in [6.07, 6.45) is 0.497. The van der Waals surface area contributed by atoms with Crippen LogP contribution in [-0.2, 0) is 9.36 Å². The molecule has 2 atom stereocenters. The molecule has 2 unspecified atom stereocenters. The molecule has 0 heterocycles. The van der Waals surface area contributed by atoms with Gasteiger partial charge in [0.25, 0.3) is 0 Å². The number of rotatable bonds is 8. The van der Waals surface area contributed by atoms with Crippen molar-refractivity contribution in [2.45, 2.75) is 30.8 Å². The number of phenols is 1. The average Bonchev–Trinajstić information content (AvgIpc) is 2.39. The van der Waals surface area contributed by atoms with Gasteiger partial charge in [-0.1, -0.05) is 26.0 Å². The second-order valence-corrected chi connectivity index (χ2v) is 6.96. The van der Waals surface area contributed by atoms with Crippen molar-refractivity contribution in [3.05, 3.63) is 24.3 Å². The first-order valence-corrected chi connectivity index (χ1v) is 8.28. The predicted octanol–water partition coefficient (Wildman–Crippen LogP) is 3.89. The van der Waals surface area contributed by atoms with E-state index in [-0.39, 0.29) is 20.1 Å². The lowest BCUT2D eigenvalue weighted by molar-refractivity contribution is -0.142. The average molecular weight is 314 g/mol. The van der Waals surface area contributed by atoms with E-state index >= 15 is 0 Å². The fourth-order valence-corrected chi connectivity index (χ4v) is 3.74. The first-order valence-electron chi connectivity index (χ1n) is 6.41. The Morgan fingerprint density at radius 3 is 2.50 bits per heavy atom. The summed E-state index contributed by atoms with van der Waals surface area (Å²) in [5.74, 6) is -0.755. The highest BCUT2D eigenvalue weighted by atomic mass is 32.2. The lowest BCUT2D eigenvalue weighted by Gasteiger charge is -2.19. The third-order valence-electron chi connectivity index (χ3n) is 2.92. The molecule has 20 heavy (non-hydrogen) atoms. The second kappa shape index (κ2) is 8.28. The molecule has 1 aromatic rings. The summed E-state index contributed by atoms with van der Waals surface area (Å²) < 4.78 is 11.3. The van der Waals surface area contributed by atoms with Gasteiger partial charge in [-0.15, -0.1) is 11.8 Å². The minimum atomic E-state index is -0.912. The van der Waals surface area contributed by atoms with E-state index in [0.717, 1.165) is 0 Å². The summed E-state index contributed by atoms with van der Waals surface area (Å²) in [7, 11) is -0.162. The molecular weight excluding hydrogens is 295 g/mol. The van der Waals surface area contributed by atoms with Crippen LogP contribution < -0.4 is 0 Å². The summed E-state index contributed by atoms with van der Waals surface area (Å²) in [5.41, 5.74) is -0.459. The second-order valence-electron chi connectivity index (χ2n) is 5.03. The molecule has 110 valence electrons. The molecule has 0 aliphatic carbocycles. The standard InChI is InChI=1S/C14H19O4PS/c1-9(2)7-10(14(16)17)12(19-18)8-20-13-6-4-3-5-11(13)15/h3-6,9-10,12,15H,7-8H2,1-2H3,(H,16,17). The topological polar surface area (TPSA) is 74.6 Å². The number of carboxylic acids is 1. The number of aromatic hydroxyl groups is 1. The number of phenolic OH excluding ortho intramolecular Hbond substituents is 1. The molecule has 0 fully saturated rings. The fraction of sp³-hybridized carbons (Fsp3) is 0.500. The van der Waals surface area contributed by atoms with Crippen LogP contribution >= 0.6 is 20.2 Å². The van der Waals surface area contributed by atoms with Crippen molar-refractivity contribution < 1.29 is 19.6 Å². The molecule has 0 aliphatic heterocycles. The van der Waals surface area contributed by atoms with Gasteiger partial charge in [0.1, 0.15) is 5.75 Å². The molecule has 0 saturated carbocycles. The largest absolute Gasteiger partial charge is 0.507 e. The van der Waals surface area contributed by atoms with E-state index in [1.165, 1.54) is 11.8 Å². The minimum Gasteiger partial charge on any atom is -0.507 e. The summed E-state index contributed by atoms with van der Waals surface area (Å²) in [6.45, 7) is 3.90. The maximum atomic E-state index is 11.3. The molecule has 4 nitrogen and oxygen atoms in total. The summed E-state index contributed by atoms with van der Waals surface area (Å²) in [6, 6.07) is 6.86.